The van der Waals surface area contributed by atoms with E-state index in [2.05, 4.69) is 4.90 Å². The van der Waals surface area contributed by atoms with Crippen LogP contribution in [-0.2, 0) is 14.4 Å². The van der Waals surface area contributed by atoms with Crippen LogP contribution >= 0.6 is 0 Å². The van der Waals surface area contributed by atoms with Gasteiger partial charge in [0, 0.05) is 25.2 Å². The summed E-state index contributed by atoms with van der Waals surface area (Å²) in [6, 6.07) is 7.47. The monoisotopic (exact) mass is 357 g/mol. The number of carbonyl (C=O) groups is 3. The smallest absolute Gasteiger partial charge is 0.350 e. The summed E-state index contributed by atoms with van der Waals surface area (Å²) in [5.74, 6) is -1.51. The topological polar surface area (TPSA) is 90.4 Å². The predicted molar refractivity (Wildman–Crippen MR) is 90.9 cm³/mol. The molecule has 8 nitrogen and oxygen atoms in total. The molecule has 1 saturated heterocycles. The van der Waals surface area contributed by atoms with Crippen molar-refractivity contribution in [3.05, 3.63) is 42.0 Å². The third-order valence-corrected chi connectivity index (χ3v) is 4.80. The molecule has 1 aromatic rings. The lowest BCUT2D eigenvalue weighted by atomic mass is 10.1. The van der Waals surface area contributed by atoms with E-state index in [-0.39, 0.29) is 5.91 Å². The van der Waals surface area contributed by atoms with Crippen LogP contribution in [-0.4, -0.2) is 58.8 Å². The van der Waals surface area contributed by atoms with Gasteiger partial charge in [0.2, 0.25) is 0 Å². The molecule has 1 amide bonds. The van der Waals surface area contributed by atoms with Crippen molar-refractivity contribution >= 4 is 23.5 Å². The van der Waals surface area contributed by atoms with E-state index in [4.69, 9.17) is 9.94 Å². The number of aliphatic carboxylic acids is 1. The highest BCUT2D eigenvalue weighted by Crippen LogP contribution is 2.39. The maximum Gasteiger partial charge on any atom is 0.350 e. The molecule has 1 unspecified atom stereocenters. The summed E-state index contributed by atoms with van der Waals surface area (Å²) in [7, 11) is 0. The summed E-state index contributed by atoms with van der Waals surface area (Å²) < 4.78 is 0. The maximum absolute atomic E-state index is 12.8. The van der Waals surface area contributed by atoms with Gasteiger partial charge in [-0.15, -0.1) is 0 Å². The number of amides is 1. The Hall–Kier alpha value is -2.87. The molecule has 1 aromatic carbocycles. The molecule has 26 heavy (non-hydrogen) atoms. The van der Waals surface area contributed by atoms with Crippen molar-refractivity contribution in [1.82, 2.24) is 9.96 Å². The molecule has 1 aliphatic carbocycles. The maximum atomic E-state index is 12.8. The van der Waals surface area contributed by atoms with Crippen molar-refractivity contribution in [2.45, 2.75) is 19.1 Å². The molecule has 4 rings (SSSR count). The zero-order valence-corrected chi connectivity index (χ0v) is 14.1. The minimum absolute atomic E-state index is 0.0859. The number of hydrogen-bond donors (Lipinski definition) is 1. The molecule has 2 heterocycles. The van der Waals surface area contributed by atoms with Crippen LogP contribution in [0, 0.1) is 5.92 Å². The first-order valence-corrected chi connectivity index (χ1v) is 8.61. The first-order valence-electron chi connectivity index (χ1n) is 8.61. The van der Waals surface area contributed by atoms with Crippen LogP contribution in [0.5, 0.6) is 0 Å². The lowest BCUT2D eigenvalue weighted by Gasteiger charge is -2.43. The van der Waals surface area contributed by atoms with Gasteiger partial charge in [0.15, 0.2) is 6.29 Å². The van der Waals surface area contributed by atoms with E-state index in [1.807, 2.05) is 24.3 Å². The van der Waals surface area contributed by atoms with Crippen LogP contribution in [0.15, 0.2) is 36.4 Å². The largest absolute Gasteiger partial charge is 0.478 e. The van der Waals surface area contributed by atoms with Gasteiger partial charge >= 0.3 is 11.9 Å². The first-order chi connectivity index (χ1) is 12.5. The highest BCUT2D eigenvalue weighted by atomic mass is 16.7. The predicted octanol–water partition coefficient (Wildman–Crippen LogP) is 1.06. The zero-order valence-electron chi connectivity index (χ0n) is 14.1. The number of para-hydroxylation sites is 1. The lowest BCUT2D eigenvalue weighted by Crippen LogP contribution is -2.58. The van der Waals surface area contributed by atoms with Crippen LogP contribution in [0.25, 0.3) is 0 Å². The fourth-order valence-corrected chi connectivity index (χ4v) is 3.46. The van der Waals surface area contributed by atoms with E-state index in [0.717, 1.165) is 37.2 Å². The van der Waals surface area contributed by atoms with Gasteiger partial charge in [0.05, 0.1) is 17.8 Å². The Kier molecular flexibility index (Phi) is 4.12. The average molecular weight is 357 g/mol. The van der Waals surface area contributed by atoms with Gasteiger partial charge in [0.25, 0.3) is 5.91 Å². The van der Waals surface area contributed by atoms with Crippen LogP contribution in [0.3, 0.4) is 0 Å². The number of carboxylic acid groups (broad SMARTS) is 1. The minimum Gasteiger partial charge on any atom is -0.478 e. The van der Waals surface area contributed by atoms with Crippen molar-refractivity contribution in [3.63, 3.8) is 0 Å². The van der Waals surface area contributed by atoms with Gasteiger partial charge < -0.3 is 19.7 Å². The van der Waals surface area contributed by atoms with Gasteiger partial charge in [-0.2, -0.15) is 0 Å². The molecule has 3 aliphatic rings. The average Bonchev–Trinajstić information content (AvgIpc) is 3.35. The van der Waals surface area contributed by atoms with E-state index in [1.54, 1.807) is 4.90 Å². The Bertz CT molecular complexity index is 789. The molecule has 2 fully saturated rings. The second-order valence-electron chi connectivity index (χ2n) is 6.68. The number of anilines is 1. The molecule has 1 saturated carbocycles. The van der Waals surface area contributed by atoms with E-state index >= 15 is 0 Å². The van der Waals surface area contributed by atoms with Crippen LogP contribution < -0.4 is 4.90 Å². The van der Waals surface area contributed by atoms with E-state index in [0.29, 0.717) is 24.6 Å². The molecular weight excluding hydrogens is 338 g/mol. The summed E-state index contributed by atoms with van der Waals surface area (Å²) in [6.45, 7) is 1.59. The Morgan fingerprint density at radius 1 is 1.19 bits per heavy atom. The van der Waals surface area contributed by atoms with Gasteiger partial charge in [-0.1, -0.05) is 17.2 Å². The highest BCUT2D eigenvalue weighted by molar-refractivity contribution is 6.02. The fraction of sp³-hybridized carbons (Fsp3) is 0.389. The molecule has 2 aliphatic heterocycles. The molecule has 136 valence electrons. The summed E-state index contributed by atoms with van der Waals surface area (Å²) in [5, 5.41) is 10.1. The van der Waals surface area contributed by atoms with E-state index < -0.39 is 18.2 Å². The quantitative estimate of drug-likeness (QED) is 0.788. The van der Waals surface area contributed by atoms with Gasteiger partial charge in [-0.05, 0) is 30.9 Å². The number of carboxylic acids is 1. The van der Waals surface area contributed by atoms with E-state index in [1.165, 1.54) is 5.06 Å². The Labute approximate surface area is 150 Å². The number of rotatable bonds is 5. The summed E-state index contributed by atoms with van der Waals surface area (Å²) in [6.07, 6.45) is 3.41. The lowest BCUT2D eigenvalue weighted by molar-refractivity contribution is -0.193. The van der Waals surface area contributed by atoms with Gasteiger partial charge in [-0.3, -0.25) is 4.79 Å². The SMILES string of the molecule is O=C(O)/C=C\C(=O)ON1CCN2C(=O)c3ccccc3N(CC3CC3)C12. The standard InChI is InChI=1S/C18H19N3O5/c22-15(23)7-8-16(24)26-21-10-9-19-17(25)13-3-1-2-4-14(13)20(18(19)21)11-12-5-6-12/h1-4,7-8,12,18H,5-6,9-11H2,(H,22,23)/b8-7-. The summed E-state index contributed by atoms with van der Waals surface area (Å²) in [5.41, 5.74) is 1.50. The number of nitrogens with zero attached hydrogens (tertiary/aromatic N) is 3. The second kappa shape index (κ2) is 6.45. The third kappa shape index (κ3) is 3.03. The van der Waals surface area contributed by atoms with Crippen molar-refractivity contribution < 1.29 is 24.3 Å². The molecule has 1 atom stereocenters. The molecule has 0 aromatic heterocycles. The zero-order chi connectivity index (χ0) is 18.3. The van der Waals surface area contributed by atoms with Gasteiger partial charge in [0.1, 0.15) is 0 Å². The highest BCUT2D eigenvalue weighted by Gasteiger charge is 2.47. The summed E-state index contributed by atoms with van der Waals surface area (Å²) >= 11 is 0. The Morgan fingerprint density at radius 3 is 2.69 bits per heavy atom. The van der Waals surface area contributed by atoms with E-state index in [9.17, 15) is 14.4 Å². The normalized spacial score (nSPS) is 22.5. The number of fused-ring (bicyclic) bond motifs is 2. The van der Waals surface area contributed by atoms with Crippen LogP contribution in [0.4, 0.5) is 5.69 Å². The van der Waals surface area contributed by atoms with Crippen molar-refractivity contribution in [3.8, 4) is 0 Å². The number of hydrogen-bond acceptors (Lipinski definition) is 6. The molecule has 0 bridgehead atoms. The molecule has 1 N–H and O–H groups in total. The van der Waals surface area contributed by atoms with Gasteiger partial charge in [-0.25, -0.2) is 9.59 Å². The molecule has 8 heteroatoms. The molecule has 0 spiro atoms. The Morgan fingerprint density at radius 2 is 1.96 bits per heavy atom. The minimum atomic E-state index is -1.22. The first kappa shape index (κ1) is 16.6. The van der Waals surface area contributed by atoms with Crippen molar-refractivity contribution in [2.24, 2.45) is 5.92 Å². The molecule has 0 radical (unpaired) electrons. The summed E-state index contributed by atoms with van der Waals surface area (Å²) in [4.78, 5) is 44.4. The van der Waals surface area contributed by atoms with Crippen molar-refractivity contribution in [1.29, 1.82) is 0 Å². The number of hydroxylamine groups is 2. The van der Waals surface area contributed by atoms with Crippen LogP contribution in [0.1, 0.15) is 23.2 Å². The number of benzene rings is 1. The van der Waals surface area contributed by atoms with Crippen LogP contribution in [0.2, 0.25) is 0 Å². The number of carbonyl (C=O) groups excluding carboxylic acids is 2. The second-order valence-corrected chi connectivity index (χ2v) is 6.68. The third-order valence-electron chi connectivity index (χ3n) is 4.80. The fourth-order valence-electron chi connectivity index (χ4n) is 3.46. The molecular formula is C18H19N3O5. The van der Waals surface area contributed by atoms with Crippen molar-refractivity contribution in [2.75, 3.05) is 24.5 Å². The Balaban J connectivity index is 1.61.